The smallest absolute Gasteiger partial charge is 0.211 e. The molecule has 0 rings (SSSR count). The summed E-state index contributed by atoms with van der Waals surface area (Å²) in [5.41, 5.74) is 10.1. The summed E-state index contributed by atoms with van der Waals surface area (Å²) in [5.74, 6) is 0.0137. The van der Waals surface area contributed by atoms with Gasteiger partial charge in [0.1, 0.15) is 0 Å². The highest BCUT2D eigenvalue weighted by molar-refractivity contribution is 5.76. The first-order chi connectivity index (χ1) is 5.77. The molecule has 0 aliphatic heterocycles. The summed E-state index contributed by atoms with van der Waals surface area (Å²) in [6.45, 7) is 2.19. The third-order valence-corrected chi connectivity index (χ3v) is 1.44. The Hall–Kier alpha value is -1.06. The van der Waals surface area contributed by atoms with E-state index in [2.05, 4.69) is 17.1 Å². The molecule has 0 saturated heterocycles. The van der Waals surface area contributed by atoms with E-state index in [1.54, 1.807) is 6.21 Å². The molecule has 0 heterocycles. The molecule has 0 aromatic rings. The molecule has 0 aromatic carbocycles. The summed E-state index contributed by atoms with van der Waals surface area (Å²) in [6, 6.07) is 0. The molecule has 0 unspecified atom stereocenters. The summed E-state index contributed by atoms with van der Waals surface area (Å²) in [5, 5.41) is 7.17. The summed E-state index contributed by atoms with van der Waals surface area (Å²) < 4.78 is 0. The van der Waals surface area contributed by atoms with E-state index in [9.17, 15) is 0 Å². The molecule has 4 heteroatoms. The average Bonchev–Trinajstić information content (AvgIpc) is 2.02. The van der Waals surface area contributed by atoms with Crippen molar-refractivity contribution in [2.24, 2.45) is 21.7 Å². The van der Waals surface area contributed by atoms with Gasteiger partial charge in [-0.2, -0.15) is 5.10 Å². The number of unbranched alkanes of at least 4 members (excludes halogenated alkanes) is 4. The van der Waals surface area contributed by atoms with Crippen molar-refractivity contribution in [2.45, 2.75) is 39.0 Å². The molecular formula is C8H18N4. The number of nitrogens with two attached hydrogens (primary N) is 2. The van der Waals surface area contributed by atoms with Gasteiger partial charge in [-0.05, 0) is 12.8 Å². The lowest BCUT2D eigenvalue weighted by molar-refractivity contribution is 0.685. The van der Waals surface area contributed by atoms with Crippen molar-refractivity contribution in [3.8, 4) is 0 Å². The minimum Gasteiger partial charge on any atom is -0.369 e. The lowest BCUT2D eigenvalue weighted by Gasteiger charge is -1.92. The zero-order chi connectivity index (χ0) is 9.23. The number of guanidine groups is 1. The van der Waals surface area contributed by atoms with Crippen LogP contribution in [-0.2, 0) is 0 Å². The average molecular weight is 170 g/mol. The van der Waals surface area contributed by atoms with E-state index in [-0.39, 0.29) is 5.96 Å². The first kappa shape index (κ1) is 10.9. The molecule has 0 aliphatic rings. The van der Waals surface area contributed by atoms with Crippen LogP contribution in [0.15, 0.2) is 10.2 Å². The lowest BCUT2D eigenvalue weighted by atomic mass is 10.2. The number of rotatable bonds is 6. The zero-order valence-electron chi connectivity index (χ0n) is 7.66. The van der Waals surface area contributed by atoms with Gasteiger partial charge in [0.25, 0.3) is 0 Å². The van der Waals surface area contributed by atoms with Crippen LogP contribution in [0.25, 0.3) is 0 Å². The van der Waals surface area contributed by atoms with E-state index < -0.39 is 0 Å². The van der Waals surface area contributed by atoms with E-state index in [4.69, 9.17) is 11.5 Å². The second kappa shape index (κ2) is 8.04. The maximum Gasteiger partial charge on any atom is 0.211 e. The predicted molar refractivity (Wildman–Crippen MR) is 53.1 cm³/mol. The van der Waals surface area contributed by atoms with Gasteiger partial charge in [-0.3, -0.25) is 0 Å². The maximum absolute atomic E-state index is 5.07. The van der Waals surface area contributed by atoms with Gasteiger partial charge >= 0.3 is 0 Å². The fraction of sp³-hybridized carbons (Fsp3) is 0.750. The summed E-state index contributed by atoms with van der Waals surface area (Å²) >= 11 is 0. The molecule has 4 nitrogen and oxygen atoms in total. The van der Waals surface area contributed by atoms with Crippen molar-refractivity contribution in [1.29, 1.82) is 0 Å². The zero-order valence-corrected chi connectivity index (χ0v) is 7.66. The Balaban J connectivity index is 3.19. The molecule has 0 saturated carbocycles. The number of nitrogens with zero attached hydrogens (tertiary/aromatic N) is 2. The molecule has 0 amide bonds. The van der Waals surface area contributed by atoms with Gasteiger partial charge in [0.15, 0.2) is 0 Å². The van der Waals surface area contributed by atoms with E-state index in [0.717, 1.165) is 12.8 Å². The Bertz CT molecular complexity index is 147. The van der Waals surface area contributed by atoms with Crippen LogP contribution in [0.1, 0.15) is 39.0 Å². The van der Waals surface area contributed by atoms with Gasteiger partial charge in [0, 0.05) is 6.21 Å². The van der Waals surface area contributed by atoms with Gasteiger partial charge < -0.3 is 11.5 Å². The minimum absolute atomic E-state index is 0.0137. The van der Waals surface area contributed by atoms with Crippen molar-refractivity contribution in [3.63, 3.8) is 0 Å². The topological polar surface area (TPSA) is 76.8 Å². The first-order valence-corrected chi connectivity index (χ1v) is 4.37. The third kappa shape index (κ3) is 8.94. The normalized spacial score (nSPS) is 10.4. The second-order valence-electron chi connectivity index (χ2n) is 2.67. The standard InChI is InChI=1S/C8H18N4/c1-2-3-4-5-6-7-11-12-8(9)10/h7H,2-6H2,1H3,(H4,9,10,12)/b11-7+. The summed E-state index contributed by atoms with van der Waals surface area (Å²) in [4.78, 5) is 0. The Labute approximate surface area is 73.7 Å². The molecule has 0 atom stereocenters. The second-order valence-corrected chi connectivity index (χ2v) is 2.67. The van der Waals surface area contributed by atoms with E-state index in [1.807, 2.05) is 0 Å². The van der Waals surface area contributed by atoms with Gasteiger partial charge in [-0.25, -0.2) is 0 Å². The van der Waals surface area contributed by atoms with E-state index in [0.29, 0.717) is 0 Å². The third-order valence-electron chi connectivity index (χ3n) is 1.44. The van der Waals surface area contributed by atoms with Crippen LogP contribution in [0.3, 0.4) is 0 Å². The molecule has 4 N–H and O–H groups in total. The van der Waals surface area contributed by atoms with Crippen LogP contribution >= 0.6 is 0 Å². The Kier molecular flexibility index (Phi) is 7.33. The highest BCUT2D eigenvalue weighted by atomic mass is 15.3. The van der Waals surface area contributed by atoms with Crippen LogP contribution in [0, 0.1) is 0 Å². The molecule has 0 bridgehead atoms. The molecular weight excluding hydrogens is 152 g/mol. The molecule has 0 aliphatic carbocycles. The molecule has 70 valence electrons. The first-order valence-electron chi connectivity index (χ1n) is 4.37. The SMILES string of the molecule is CCCCCC/C=N/N=C(N)N. The fourth-order valence-electron chi connectivity index (χ4n) is 0.828. The van der Waals surface area contributed by atoms with Crippen molar-refractivity contribution >= 4 is 12.2 Å². The quantitative estimate of drug-likeness (QED) is 0.272. The summed E-state index contributed by atoms with van der Waals surface area (Å²) in [7, 11) is 0. The fourth-order valence-corrected chi connectivity index (χ4v) is 0.828. The number of hydrogen-bond acceptors (Lipinski definition) is 2. The molecule has 0 aromatic heterocycles. The van der Waals surface area contributed by atoms with E-state index in [1.165, 1.54) is 19.3 Å². The lowest BCUT2D eigenvalue weighted by Crippen LogP contribution is -2.21. The van der Waals surface area contributed by atoms with Crippen LogP contribution < -0.4 is 11.5 Å². The summed E-state index contributed by atoms with van der Waals surface area (Å²) in [6.07, 6.45) is 7.66. The van der Waals surface area contributed by atoms with Gasteiger partial charge in [-0.1, -0.05) is 26.2 Å². The molecule has 12 heavy (non-hydrogen) atoms. The van der Waals surface area contributed by atoms with Crippen LogP contribution in [0.2, 0.25) is 0 Å². The molecule has 0 radical (unpaired) electrons. The predicted octanol–water partition coefficient (Wildman–Crippen LogP) is 1.22. The van der Waals surface area contributed by atoms with Crippen molar-refractivity contribution in [2.75, 3.05) is 0 Å². The number of hydrogen-bond donors (Lipinski definition) is 2. The van der Waals surface area contributed by atoms with Crippen molar-refractivity contribution in [1.82, 2.24) is 0 Å². The van der Waals surface area contributed by atoms with Crippen LogP contribution in [-0.4, -0.2) is 12.2 Å². The molecule has 0 spiro atoms. The van der Waals surface area contributed by atoms with Crippen molar-refractivity contribution in [3.05, 3.63) is 0 Å². The van der Waals surface area contributed by atoms with Gasteiger partial charge in [0.05, 0.1) is 0 Å². The molecule has 0 fully saturated rings. The van der Waals surface area contributed by atoms with Crippen LogP contribution in [0.5, 0.6) is 0 Å². The highest BCUT2D eigenvalue weighted by Gasteiger charge is 1.84. The van der Waals surface area contributed by atoms with Crippen LogP contribution in [0.4, 0.5) is 0 Å². The highest BCUT2D eigenvalue weighted by Crippen LogP contribution is 2.00. The monoisotopic (exact) mass is 170 g/mol. The Morgan fingerprint density at radius 2 is 2.00 bits per heavy atom. The Morgan fingerprint density at radius 3 is 2.58 bits per heavy atom. The maximum atomic E-state index is 5.07. The van der Waals surface area contributed by atoms with Gasteiger partial charge in [-0.15, -0.1) is 5.10 Å². The van der Waals surface area contributed by atoms with E-state index >= 15 is 0 Å². The largest absolute Gasteiger partial charge is 0.369 e. The Morgan fingerprint density at radius 1 is 1.25 bits per heavy atom. The van der Waals surface area contributed by atoms with Crippen molar-refractivity contribution < 1.29 is 0 Å². The minimum atomic E-state index is 0.0137. The van der Waals surface area contributed by atoms with Gasteiger partial charge in [0.2, 0.25) is 5.96 Å².